The lowest BCUT2D eigenvalue weighted by molar-refractivity contribution is 0.268. The molecule has 1 saturated heterocycles. The Morgan fingerprint density at radius 1 is 1.47 bits per heavy atom. The van der Waals surface area contributed by atoms with Crippen LogP contribution in [0.2, 0.25) is 0 Å². The highest BCUT2D eigenvalue weighted by Crippen LogP contribution is 2.17. The van der Waals surface area contributed by atoms with E-state index in [9.17, 15) is 0 Å². The molecule has 4 heteroatoms. The van der Waals surface area contributed by atoms with Crippen LogP contribution in [0.1, 0.15) is 25.7 Å². The van der Waals surface area contributed by atoms with Gasteiger partial charge in [0.2, 0.25) is 5.88 Å². The molecule has 2 heterocycles. The van der Waals surface area contributed by atoms with E-state index in [2.05, 4.69) is 26.2 Å². The molecule has 0 bridgehead atoms. The predicted molar refractivity (Wildman–Crippen MR) is 72.3 cm³/mol. The summed E-state index contributed by atoms with van der Waals surface area (Å²) in [4.78, 5) is 4.24. The summed E-state index contributed by atoms with van der Waals surface area (Å²) in [7, 11) is 0. The van der Waals surface area contributed by atoms with Gasteiger partial charge in [-0.3, -0.25) is 0 Å². The third kappa shape index (κ3) is 4.64. The molecular formula is C13H19BrN2O. The van der Waals surface area contributed by atoms with E-state index in [1.165, 1.54) is 32.4 Å². The molecule has 1 aromatic heterocycles. The van der Waals surface area contributed by atoms with Gasteiger partial charge in [-0.1, -0.05) is 6.07 Å². The Balaban J connectivity index is 1.62. The normalized spacial score (nSPS) is 20.2. The minimum Gasteiger partial charge on any atom is -0.478 e. The quantitative estimate of drug-likeness (QED) is 0.670. The van der Waals surface area contributed by atoms with Crippen molar-refractivity contribution < 1.29 is 4.74 Å². The van der Waals surface area contributed by atoms with Crippen molar-refractivity contribution in [1.82, 2.24) is 10.3 Å². The summed E-state index contributed by atoms with van der Waals surface area (Å²) in [5.74, 6) is 1.55. The summed E-state index contributed by atoms with van der Waals surface area (Å²) < 4.78 is 6.44. The first-order chi connectivity index (χ1) is 8.34. The first-order valence-corrected chi connectivity index (χ1v) is 7.10. The molecular weight excluding hydrogens is 280 g/mol. The van der Waals surface area contributed by atoms with Gasteiger partial charge in [0, 0.05) is 6.07 Å². The van der Waals surface area contributed by atoms with Gasteiger partial charge >= 0.3 is 0 Å². The average Bonchev–Trinajstić information content (AvgIpc) is 2.36. The Hall–Kier alpha value is -0.610. The molecule has 2 rings (SSSR count). The van der Waals surface area contributed by atoms with Gasteiger partial charge in [0.15, 0.2) is 0 Å². The van der Waals surface area contributed by atoms with Crippen molar-refractivity contribution in [1.29, 1.82) is 0 Å². The van der Waals surface area contributed by atoms with Crippen LogP contribution in [0.25, 0.3) is 0 Å². The second-order valence-corrected chi connectivity index (χ2v) is 5.31. The first-order valence-electron chi connectivity index (χ1n) is 6.30. The van der Waals surface area contributed by atoms with E-state index in [1.54, 1.807) is 0 Å². The summed E-state index contributed by atoms with van der Waals surface area (Å²) in [6.45, 7) is 3.13. The SMILES string of the molecule is Brc1cccc(OCCC[C@@H]2CCCNC2)n1. The zero-order chi connectivity index (χ0) is 11.9. The van der Waals surface area contributed by atoms with Crippen LogP contribution in [0, 0.1) is 5.92 Å². The van der Waals surface area contributed by atoms with Gasteiger partial charge in [-0.05, 0) is 66.7 Å². The van der Waals surface area contributed by atoms with Crippen LogP contribution in [0.15, 0.2) is 22.8 Å². The average molecular weight is 299 g/mol. The summed E-state index contributed by atoms with van der Waals surface area (Å²) >= 11 is 3.33. The van der Waals surface area contributed by atoms with E-state index < -0.39 is 0 Å². The minimum atomic E-state index is 0.709. The van der Waals surface area contributed by atoms with Crippen LogP contribution < -0.4 is 10.1 Å². The van der Waals surface area contributed by atoms with E-state index in [-0.39, 0.29) is 0 Å². The van der Waals surface area contributed by atoms with Gasteiger partial charge < -0.3 is 10.1 Å². The molecule has 0 aromatic carbocycles. The van der Waals surface area contributed by atoms with Crippen LogP contribution in [0.4, 0.5) is 0 Å². The maximum absolute atomic E-state index is 5.62. The van der Waals surface area contributed by atoms with E-state index in [4.69, 9.17) is 4.74 Å². The Bertz CT molecular complexity index is 340. The van der Waals surface area contributed by atoms with E-state index in [0.29, 0.717) is 5.88 Å². The Kier molecular flexibility index (Phi) is 5.26. The van der Waals surface area contributed by atoms with Crippen LogP contribution in [-0.2, 0) is 0 Å². The van der Waals surface area contributed by atoms with E-state index in [1.807, 2.05) is 18.2 Å². The molecule has 0 radical (unpaired) electrons. The lowest BCUT2D eigenvalue weighted by Crippen LogP contribution is -2.29. The third-order valence-corrected chi connectivity index (χ3v) is 3.54. The van der Waals surface area contributed by atoms with E-state index in [0.717, 1.165) is 23.5 Å². The monoisotopic (exact) mass is 298 g/mol. The lowest BCUT2D eigenvalue weighted by atomic mass is 9.95. The molecule has 1 aliphatic heterocycles. The number of hydrogen-bond donors (Lipinski definition) is 1. The van der Waals surface area contributed by atoms with Gasteiger partial charge in [0.1, 0.15) is 4.60 Å². The predicted octanol–water partition coefficient (Wildman–Crippen LogP) is 3.00. The molecule has 94 valence electrons. The molecule has 1 aliphatic rings. The number of rotatable bonds is 5. The fraction of sp³-hybridized carbons (Fsp3) is 0.615. The number of piperidine rings is 1. The lowest BCUT2D eigenvalue weighted by Gasteiger charge is -2.22. The number of nitrogens with zero attached hydrogens (tertiary/aromatic N) is 1. The van der Waals surface area contributed by atoms with Crippen molar-refractivity contribution in [3.8, 4) is 5.88 Å². The molecule has 0 unspecified atom stereocenters. The number of nitrogens with one attached hydrogen (secondary N) is 1. The molecule has 0 aliphatic carbocycles. The standard InChI is InChI=1S/C13H19BrN2O/c14-12-6-1-7-13(16-12)17-9-3-5-11-4-2-8-15-10-11/h1,6-7,11,15H,2-5,8-10H2/t11-/m0/s1. The van der Waals surface area contributed by atoms with Crippen LogP contribution in [-0.4, -0.2) is 24.7 Å². The maximum atomic E-state index is 5.62. The molecule has 0 saturated carbocycles. The molecule has 1 fully saturated rings. The highest BCUT2D eigenvalue weighted by molar-refractivity contribution is 9.10. The van der Waals surface area contributed by atoms with Gasteiger partial charge in [0.25, 0.3) is 0 Å². The zero-order valence-electron chi connectivity index (χ0n) is 9.99. The van der Waals surface area contributed by atoms with Crippen molar-refractivity contribution in [3.63, 3.8) is 0 Å². The molecule has 17 heavy (non-hydrogen) atoms. The summed E-state index contributed by atoms with van der Waals surface area (Å²) in [6, 6.07) is 5.74. The summed E-state index contributed by atoms with van der Waals surface area (Å²) in [6.07, 6.45) is 5.04. The van der Waals surface area contributed by atoms with Gasteiger partial charge in [0.05, 0.1) is 6.61 Å². The van der Waals surface area contributed by atoms with Gasteiger partial charge in [-0.15, -0.1) is 0 Å². The number of halogens is 1. The van der Waals surface area contributed by atoms with Crippen molar-refractivity contribution in [3.05, 3.63) is 22.8 Å². The Labute approximate surface area is 111 Å². The first kappa shape index (κ1) is 12.8. The topological polar surface area (TPSA) is 34.1 Å². The molecule has 0 amide bonds. The van der Waals surface area contributed by atoms with Crippen molar-refractivity contribution >= 4 is 15.9 Å². The number of aromatic nitrogens is 1. The fourth-order valence-electron chi connectivity index (χ4n) is 2.19. The third-order valence-electron chi connectivity index (χ3n) is 3.10. The van der Waals surface area contributed by atoms with E-state index >= 15 is 0 Å². The maximum Gasteiger partial charge on any atom is 0.214 e. The number of pyridine rings is 1. The minimum absolute atomic E-state index is 0.709. The highest BCUT2D eigenvalue weighted by atomic mass is 79.9. The van der Waals surface area contributed by atoms with Gasteiger partial charge in [-0.2, -0.15) is 0 Å². The zero-order valence-corrected chi connectivity index (χ0v) is 11.6. The fourth-order valence-corrected chi connectivity index (χ4v) is 2.52. The number of hydrogen-bond acceptors (Lipinski definition) is 3. The van der Waals surface area contributed by atoms with Crippen molar-refractivity contribution in [2.45, 2.75) is 25.7 Å². The van der Waals surface area contributed by atoms with Crippen molar-refractivity contribution in [2.75, 3.05) is 19.7 Å². The largest absolute Gasteiger partial charge is 0.478 e. The summed E-state index contributed by atoms with van der Waals surface area (Å²) in [5.41, 5.74) is 0. The highest BCUT2D eigenvalue weighted by Gasteiger charge is 2.12. The molecule has 1 atom stereocenters. The number of ether oxygens (including phenoxy) is 1. The van der Waals surface area contributed by atoms with Gasteiger partial charge in [-0.25, -0.2) is 4.98 Å². The van der Waals surface area contributed by atoms with Crippen LogP contribution in [0.3, 0.4) is 0 Å². The molecule has 0 spiro atoms. The van der Waals surface area contributed by atoms with Crippen LogP contribution in [0.5, 0.6) is 5.88 Å². The molecule has 3 nitrogen and oxygen atoms in total. The smallest absolute Gasteiger partial charge is 0.214 e. The molecule has 1 N–H and O–H groups in total. The Morgan fingerprint density at radius 3 is 3.18 bits per heavy atom. The Morgan fingerprint density at radius 2 is 2.41 bits per heavy atom. The second kappa shape index (κ2) is 6.97. The summed E-state index contributed by atoms with van der Waals surface area (Å²) in [5, 5.41) is 3.44. The second-order valence-electron chi connectivity index (χ2n) is 4.50. The van der Waals surface area contributed by atoms with Crippen LogP contribution >= 0.6 is 15.9 Å². The molecule has 1 aromatic rings. The van der Waals surface area contributed by atoms with Crippen molar-refractivity contribution in [2.24, 2.45) is 5.92 Å².